The molecule has 0 spiro atoms. The van der Waals surface area contributed by atoms with E-state index in [9.17, 15) is 9.59 Å². The third-order valence-electron chi connectivity index (χ3n) is 3.12. The molecule has 0 aliphatic heterocycles. The molecule has 1 saturated carbocycles. The lowest BCUT2D eigenvalue weighted by molar-refractivity contribution is -0.143. The molecule has 0 aromatic rings. The average Bonchev–Trinajstić information content (AvgIpc) is 2.74. The van der Waals surface area contributed by atoms with Crippen molar-refractivity contribution in [3.63, 3.8) is 0 Å². The monoisotopic (exact) mass is 224 g/mol. The maximum atomic E-state index is 11.9. The van der Waals surface area contributed by atoms with E-state index in [-0.39, 0.29) is 0 Å². The van der Waals surface area contributed by atoms with Crippen LogP contribution in [0.4, 0.5) is 0 Å². The van der Waals surface area contributed by atoms with Crippen molar-refractivity contribution in [1.82, 2.24) is 5.32 Å². The minimum atomic E-state index is -1.05. The number of carboxylic acid groups (broad SMARTS) is 1. The third-order valence-corrected chi connectivity index (χ3v) is 3.12. The second kappa shape index (κ2) is 4.97. The van der Waals surface area contributed by atoms with E-state index in [4.69, 9.17) is 10.4 Å². The Labute approximate surface area is 94.4 Å². The molecule has 1 rings (SSSR count). The molecule has 1 amide bonds. The van der Waals surface area contributed by atoms with E-state index in [0.717, 1.165) is 12.8 Å². The van der Waals surface area contributed by atoms with Gasteiger partial charge in [0.25, 0.3) is 0 Å². The highest BCUT2D eigenvalue weighted by Gasteiger charge is 2.42. The van der Waals surface area contributed by atoms with Crippen LogP contribution in [0.25, 0.3) is 0 Å². The first-order chi connectivity index (χ1) is 7.55. The number of rotatable bonds is 4. The predicted octanol–water partition coefficient (Wildman–Crippen LogP) is 1.05. The highest BCUT2D eigenvalue weighted by molar-refractivity contribution is 5.89. The Hall–Kier alpha value is -1.57. The van der Waals surface area contributed by atoms with Gasteiger partial charge in [-0.1, -0.05) is 19.8 Å². The van der Waals surface area contributed by atoms with Crippen LogP contribution in [0.1, 0.15) is 39.0 Å². The molecule has 1 aliphatic rings. The minimum Gasteiger partial charge on any atom is -0.480 e. The van der Waals surface area contributed by atoms with Gasteiger partial charge in [-0.2, -0.15) is 5.26 Å². The zero-order valence-corrected chi connectivity index (χ0v) is 9.32. The van der Waals surface area contributed by atoms with Crippen LogP contribution in [0.3, 0.4) is 0 Å². The van der Waals surface area contributed by atoms with Gasteiger partial charge >= 0.3 is 5.97 Å². The fourth-order valence-corrected chi connectivity index (χ4v) is 2.00. The van der Waals surface area contributed by atoms with Crippen LogP contribution < -0.4 is 5.32 Å². The molecule has 1 fully saturated rings. The van der Waals surface area contributed by atoms with Crippen molar-refractivity contribution in [3.8, 4) is 6.07 Å². The van der Waals surface area contributed by atoms with Crippen LogP contribution in [0.5, 0.6) is 0 Å². The predicted molar refractivity (Wildman–Crippen MR) is 56.4 cm³/mol. The molecule has 0 radical (unpaired) electrons. The second-order valence-corrected chi connectivity index (χ2v) is 4.17. The molecule has 0 aromatic carbocycles. The van der Waals surface area contributed by atoms with Crippen LogP contribution in [0.15, 0.2) is 0 Å². The molecule has 5 nitrogen and oxygen atoms in total. The SMILES string of the molecule is CCC(NC(=O)C1(C#N)CCCC1)C(=O)O. The van der Waals surface area contributed by atoms with E-state index in [1.54, 1.807) is 6.92 Å². The van der Waals surface area contributed by atoms with Crippen molar-refractivity contribution in [2.75, 3.05) is 0 Å². The fourth-order valence-electron chi connectivity index (χ4n) is 2.00. The zero-order valence-electron chi connectivity index (χ0n) is 9.32. The van der Waals surface area contributed by atoms with Gasteiger partial charge in [-0.25, -0.2) is 4.79 Å². The van der Waals surface area contributed by atoms with Crippen LogP contribution in [-0.2, 0) is 9.59 Å². The lowest BCUT2D eigenvalue weighted by Gasteiger charge is -2.21. The van der Waals surface area contributed by atoms with Crippen LogP contribution in [0, 0.1) is 16.7 Å². The summed E-state index contributed by atoms with van der Waals surface area (Å²) < 4.78 is 0. The topological polar surface area (TPSA) is 90.2 Å². The summed E-state index contributed by atoms with van der Waals surface area (Å²) in [5, 5.41) is 20.3. The Bertz CT molecular complexity index is 327. The van der Waals surface area contributed by atoms with Crippen LogP contribution >= 0.6 is 0 Å². The standard InChI is InChI=1S/C11H16N2O3/c1-2-8(9(14)15)13-10(16)11(7-12)5-3-4-6-11/h8H,2-6H2,1H3,(H,13,16)(H,14,15). The van der Waals surface area contributed by atoms with Crippen molar-refractivity contribution in [2.24, 2.45) is 5.41 Å². The van der Waals surface area contributed by atoms with Gasteiger partial charge in [0.15, 0.2) is 0 Å². The molecule has 5 heteroatoms. The molecule has 1 atom stereocenters. The molecule has 16 heavy (non-hydrogen) atoms. The summed E-state index contributed by atoms with van der Waals surface area (Å²) >= 11 is 0. The maximum absolute atomic E-state index is 11.9. The van der Waals surface area contributed by atoms with Crippen LogP contribution in [-0.4, -0.2) is 23.0 Å². The van der Waals surface area contributed by atoms with Crippen molar-refractivity contribution in [3.05, 3.63) is 0 Å². The number of nitrogens with zero attached hydrogens (tertiary/aromatic N) is 1. The first-order valence-electron chi connectivity index (χ1n) is 5.51. The number of aliphatic carboxylic acids is 1. The van der Waals surface area contributed by atoms with E-state index in [1.807, 2.05) is 6.07 Å². The van der Waals surface area contributed by atoms with Crippen molar-refractivity contribution in [2.45, 2.75) is 45.1 Å². The number of carbonyl (C=O) groups is 2. The average molecular weight is 224 g/mol. The number of hydrogen-bond acceptors (Lipinski definition) is 3. The highest BCUT2D eigenvalue weighted by atomic mass is 16.4. The Morgan fingerprint density at radius 2 is 2.06 bits per heavy atom. The van der Waals surface area contributed by atoms with Gasteiger partial charge in [-0.3, -0.25) is 4.79 Å². The summed E-state index contributed by atoms with van der Waals surface area (Å²) in [6.45, 7) is 1.69. The Morgan fingerprint density at radius 1 is 1.50 bits per heavy atom. The molecular weight excluding hydrogens is 208 g/mol. The fraction of sp³-hybridized carbons (Fsp3) is 0.727. The second-order valence-electron chi connectivity index (χ2n) is 4.17. The van der Waals surface area contributed by atoms with Gasteiger partial charge in [-0.15, -0.1) is 0 Å². The van der Waals surface area contributed by atoms with Gasteiger partial charge in [0.05, 0.1) is 6.07 Å². The molecule has 0 bridgehead atoms. The quantitative estimate of drug-likeness (QED) is 0.746. The number of carboxylic acids is 1. The summed E-state index contributed by atoms with van der Waals surface area (Å²) in [7, 11) is 0. The molecular formula is C11H16N2O3. The number of carbonyl (C=O) groups excluding carboxylic acids is 1. The van der Waals surface area contributed by atoms with Crippen LogP contribution in [0.2, 0.25) is 0 Å². The molecule has 0 aromatic heterocycles. The first kappa shape index (κ1) is 12.5. The molecule has 0 heterocycles. The van der Waals surface area contributed by atoms with E-state index < -0.39 is 23.3 Å². The zero-order chi connectivity index (χ0) is 12.2. The summed E-state index contributed by atoms with van der Waals surface area (Å²) in [4.78, 5) is 22.7. The van der Waals surface area contributed by atoms with E-state index in [2.05, 4.69) is 5.32 Å². The van der Waals surface area contributed by atoms with Gasteiger partial charge in [-0.05, 0) is 19.3 Å². The lowest BCUT2D eigenvalue weighted by atomic mass is 9.86. The number of amides is 1. The molecule has 1 aliphatic carbocycles. The summed E-state index contributed by atoms with van der Waals surface area (Å²) in [5.41, 5.74) is -0.997. The van der Waals surface area contributed by atoms with Crippen molar-refractivity contribution < 1.29 is 14.7 Å². The third kappa shape index (κ3) is 2.32. The normalized spacial score (nSPS) is 19.8. The first-order valence-corrected chi connectivity index (χ1v) is 5.51. The van der Waals surface area contributed by atoms with Gasteiger partial charge in [0, 0.05) is 0 Å². The Kier molecular flexibility index (Phi) is 3.88. The molecule has 1 unspecified atom stereocenters. The number of hydrogen-bond donors (Lipinski definition) is 2. The summed E-state index contributed by atoms with van der Waals surface area (Å²) in [6.07, 6.45) is 3.09. The molecule has 0 saturated heterocycles. The Morgan fingerprint density at radius 3 is 2.44 bits per heavy atom. The number of nitriles is 1. The smallest absolute Gasteiger partial charge is 0.326 e. The van der Waals surface area contributed by atoms with Gasteiger partial charge in [0.2, 0.25) is 5.91 Å². The van der Waals surface area contributed by atoms with Crippen molar-refractivity contribution >= 4 is 11.9 Å². The van der Waals surface area contributed by atoms with Crippen molar-refractivity contribution in [1.29, 1.82) is 5.26 Å². The maximum Gasteiger partial charge on any atom is 0.326 e. The Balaban J connectivity index is 2.70. The molecule has 88 valence electrons. The highest BCUT2D eigenvalue weighted by Crippen LogP contribution is 2.37. The van der Waals surface area contributed by atoms with E-state index in [1.165, 1.54) is 0 Å². The number of nitrogens with one attached hydrogen (secondary N) is 1. The lowest BCUT2D eigenvalue weighted by Crippen LogP contribution is -2.47. The summed E-state index contributed by atoms with van der Waals surface area (Å²) in [5.74, 6) is -1.48. The van der Waals surface area contributed by atoms with E-state index in [0.29, 0.717) is 19.3 Å². The van der Waals surface area contributed by atoms with Gasteiger partial charge in [0.1, 0.15) is 11.5 Å². The minimum absolute atomic E-state index is 0.322. The summed E-state index contributed by atoms with van der Waals surface area (Å²) in [6, 6.07) is 1.15. The molecule has 2 N–H and O–H groups in total. The van der Waals surface area contributed by atoms with E-state index >= 15 is 0 Å². The largest absolute Gasteiger partial charge is 0.480 e. The van der Waals surface area contributed by atoms with Gasteiger partial charge < -0.3 is 10.4 Å².